The second-order valence-corrected chi connectivity index (χ2v) is 2.68. The van der Waals surface area contributed by atoms with Crippen molar-refractivity contribution in [3.63, 3.8) is 0 Å². The Morgan fingerprint density at radius 3 is 2.17 bits per heavy atom. The van der Waals surface area contributed by atoms with Crippen LogP contribution in [-0.4, -0.2) is 57.8 Å². The van der Waals surface area contributed by atoms with Gasteiger partial charge in [-0.2, -0.15) is 0 Å². The maximum Gasteiger partial charge on any atom is 0.228 e. The Morgan fingerprint density at radius 1 is 1.08 bits per heavy atom. The van der Waals surface area contributed by atoms with Crippen LogP contribution >= 0.6 is 0 Å². The molecule has 5 nitrogen and oxygen atoms in total. The minimum absolute atomic E-state index is 0.606. The van der Waals surface area contributed by atoms with Gasteiger partial charge in [-0.25, -0.2) is 4.39 Å². The van der Waals surface area contributed by atoms with Crippen molar-refractivity contribution in [3.8, 4) is 0 Å². The zero-order valence-electron chi connectivity index (χ0n) is 6.17. The van der Waals surface area contributed by atoms with Gasteiger partial charge in [0.05, 0.1) is 6.61 Å². The molecule has 0 aliphatic carbocycles. The van der Waals surface area contributed by atoms with Crippen molar-refractivity contribution in [2.45, 2.75) is 30.8 Å². The second kappa shape index (κ2) is 3.63. The fourth-order valence-corrected chi connectivity index (χ4v) is 1.06. The molecule has 0 unspecified atom stereocenters. The smallest absolute Gasteiger partial charge is 0.228 e. The van der Waals surface area contributed by atoms with Crippen LogP contribution in [0.5, 0.6) is 0 Å². The predicted molar refractivity (Wildman–Crippen MR) is 34.9 cm³/mol. The zero-order valence-corrected chi connectivity index (χ0v) is 6.17. The third-order valence-electron chi connectivity index (χ3n) is 1.83. The summed E-state index contributed by atoms with van der Waals surface area (Å²) in [6.07, 6.45) is -8.09. The standard InChI is InChI=1S/C6H11FO5/c7-6-5(11)4(10)3(9)2(1-8)12-6/h2-6,8-11H,1H2/t2-,3+,4+,5-,6-/m1/s1. The third kappa shape index (κ3) is 1.57. The highest BCUT2D eigenvalue weighted by Gasteiger charge is 2.43. The lowest BCUT2D eigenvalue weighted by Gasteiger charge is -2.36. The number of ether oxygens (including phenoxy) is 1. The lowest BCUT2D eigenvalue weighted by molar-refractivity contribution is -0.262. The lowest BCUT2D eigenvalue weighted by atomic mass is 10.00. The fraction of sp³-hybridized carbons (Fsp3) is 1.00. The monoisotopic (exact) mass is 182 g/mol. The van der Waals surface area contributed by atoms with Crippen molar-refractivity contribution in [1.29, 1.82) is 0 Å². The summed E-state index contributed by atoms with van der Waals surface area (Å²) in [6, 6.07) is 0. The summed E-state index contributed by atoms with van der Waals surface area (Å²) in [5, 5.41) is 35.4. The molecule has 72 valence electrons. The van der Waals surface area contributed by atoms with Gasteiger partial charge in [0.15, 0.2) is 0 Å². The quantitative estimate of drug-likeness (QED) is 0.368. The van der Waals surface area contributed by atoms with Crippen molar-refractivity contribution in [2.24, 2.45) is 0 Å². The lowest BCUT2D eigenvalue weighted by Crippen LogP contribution is -2.57. The molecule has 5 atom stereocenters. The highest BCUT2D eigenvalue weighted by molar-refractivity contribution is 4.88. The maximum absolute atomic E-state index is 12.6. The molecule has 0 aromatic carbocycles. The van der Waals surface area contributed by atoms with Gasteiger partial charge in [0.1, 0.15) is 24.4 Å². The molecule has 1 fully saturated rings. The van der Waals surface area contributed by atoms with Gasteiger partial charge in [0.2, 0.25) is 6.36 Å². The minimum Gasteiger partial charge on any atom is -0.394 e. The first-order valence-corrected chi connectivity index (χ1v) is 3.52. The van der Waals surface area contributed by atoms with E-state index in [0.29, 0.717) is 0 Å². The number of hydrogen-bond donors (Lipinski definition) is 4. The van der Waals surface area contributed by atoms with Crippen LogP contribution < -0.4 is 0 Å². The van der Waals surface area contributed by atoms with Gasteiger partial charge in [-0.05, 0) is 0 Å². The van der Waals surface area contributed by atoms with E-state index in [4.69, 9.17) is 20.4 Å². The molecular weight excluding hydrogens is 171 g/mol. The third-order valence-corrected chi connectivity index (χ3v) is 1.83. The Hall–Kier alpha value is -0.270. The maximum atomic E-state index is 12.6. The van der Waals surface area contributed by atoms with E-state index in [1.54, 1.807) is 0 Å². The van der Waals surface area contributed by atoms with Gasteiger partial charge in [-0.1, -0.05) is 0 Å². The number of alkyl halides is 1. The summed E-state index contributed by atoms with van der Waals surface area (Å²) in [5.74, 6) is 0. The molecule has 1 saturated heterocycles. The van der Waals surface area contributed by atoms with Gasteiger partial charge in [0, 0.05) is 0 Å². The number of aliphatic hydroxyl groups excluding tert-OH is 4. The van der Waals surface area contributed by atoms with E-state index >= 15 is 0 Å². The molecule has 0 aromatic heterocycles. The van der Waals surface area contributed by atoms with Crippen molar-refractivity contribution in [1.82, 2.24) is 0 Å². The molecule has 0 saturated carbocycles. The molecule has 0 spiro atoms. The molecule has 12 heavy (non-hydrogen) atoms. The molecule has 1 rings (SSSR count). The molecular formula is C6H11FO5. The van der Waals surface area contributed by atoms with Crippen molar-refractivity contribution in [2.75, 3.05) is 6.61 Å². The zero-order chi connectivity index (χ0) is 9.30. The molecule has 0 bridgehead atoms. The van der Waals surface area contributed by atoms with Gasteiger partial charge >= 0.3 is 0 Å². The number of aliphatic hydroxyl groups is 4. The Morgan fingerprint density at radius 2 is 1.67 bits per heavy atom. The van der Waals surface area contributed by atoms with E-state index in [0.717, 1.165) is 0 Å². The summed E-state index contributed by atoms with van der Waals surface area (Å²) in [7, 11) is 0. The topological polar surface area (TPSA) is 90.2 Å². The number of rotatable bonds is 1. The van der Waals surface area contributed by atoms with Crippen LogP contribution in [-0.2, 0) is 4.74 Å². The summed E-state index contributed by atoms with van der Waals surface area (Å²) in [5.41, 5.74) is 0. The van der Waals surface area contributed by atoms with Crippen LogP contribution in [0.4, 0.5) is 4.39 Å². The summed E-state index contributed by atoms with van der Waals surface area (Å²) < 4.78 is 16.9. The van der Waals surface area contributed by atoms with E-state index in [-0.39, 0.29) is 0 Å². The van der Waals surface area contributed by atoms with Gasteiger partial charge in [-0.15, -0.1) is 0 Å². The van der Waals surface area contributed by atoms with Crippen LogP contribution in [0.3, 0.4) is 0 Å². The molecule has 0 radical (unpaired) electrons. The SMILES string of the molecule is OC[C@H]1O[C@@H](F)[C@H](O)[C@@H](O)[C@H]1O. The highest BCUT2D eigenvalue weighted by atomic mass is 19.1. The number of halogens is 1. The minimum atomic E-state index is -2.07. The first-order chi connectivity index (χ1) is 5.57. The van der Waals surface area contributed by atoms with E-state index in [9.17, 15) is 4.39 Å². The summed E-state index contributed by atoms with van der Waals surface area (Å²) in [6.45, 7) is -0.606. The first kappa shape index (κ1) is 9.82. The molecule has 1 aliphatic heterocycles. The highest BCUT2D eigenvalue weighted by Crippen LogP contribution is 2.21. The van der Waals surface area contributed by atoms with Crippen LogP contribution in [0.25, 0.3) is 0 Å². The largest absolute Gasteiger partial charge is 0.394 e. The Balaban J connectivity index is 2.63. The fourth-order valence-electron chi connectivity index (χ4n) is 1.06. The van der Waals surface area contributed by atoms with E-state index in [1.165, 1.54) is 0 Å². The molecule has 1 heterocycles. The van der Waals surface area contributed by atoms with Gasteiger partial charge in [0.25, 0.3) is 0 Å². The molecule has 0 amide bonds. The predicted octanol–water partition coefficient (Wildman–Crippen LogP) is -2.24. The van der Waals surface area contributed by atoms with Gasteiger partial charge in [-0.3, -0.25) is 0 Å². The Bertz CT molecular complexity index is 150. The van der Waals surface area contributed by atoms with E-state index < -0.39 is 37.4 Å². The molecule has 4 N–H and O–H groups in total. The normalized spacial score (nSPS) is 49.2. The molecule has 6 heteroatoms. The molecule has 1 aliphatic rings. The average molecular weight is 182 g/mol. The van der Waals surface area contributed by atoms with E-state index in [2.05, 4.69) is 4.74 Å². The van der Waals surface area contributed by atoms with Crippen molar-refractivity contribution in [3.05, 3.63) is 0 Å². The van der Waals surface area contributed by atoms with Crippen LogP contribution in [0.15, 0.2) is 0 Å². The van der Waals surface area contributed by atoms with E-state index in [1.807, 2.05) is 0 Å². The molecule has 0 aromatic rings. The van der Waals surface area contributed by atoms with Crippen LogP contribution in [0.2, 0.25) is 0 Å². The summed E-state index contributed by atoms with van der Waals surface area (Å²) in [4.78, 5) is 0. The van der Waals surface area contributed by atoms with Crippen molar-refractivity contribution < 1.29 is 29.6 Å². The Labute approximate surface area is 68.0 Å². The van der Waals surface area contributed by atoms with Crippen molar-refractivity contribution >= 4 is 0 Å². The first-order valence-electron chi connectivity index (χ1n) is 3.52. The second-order valence-electron chi connectivity index (χ2n) is 2.68. The van der Waals surface area contributed by atoms with Gasteiger partial charge < -0.3 is 25.2 Å². The average Bonchev–Trinajstić information content (AvgIpc) is 2.08. The van der Waals surface area contributed by atoms with Crippen LogP contribution in [0.1, 0.15) is 0 Å². The Kier molecular flexibility index (Phi) is 2.97. The van der Waals surface area contributed by atoms with Crippen LogP contribution in [0, 0.1) is 0 Å². The number of hydrogen-bond acceptors (Lipinski definition) is 5. The summed E-state index contributed by atoms with van der Waals surface area (Å²) >= 11 is 0.